The van der Waals surface area contributed by atoms with E-state index in [1.165, 1.54) is 4.88 Å². The lowest BCUT2D eigenvalue weighted by Crippen LogP contribution is -2.22. The Kier molecular flexibility index (Phi) is 4.68. The molecule has 3 rings (SSSR count). The minimum Gasteiger partial charge on any atom is -0.409 e. The van der Waals surface area contributed by atoms with Crippen LogP contribution >= 0.6 is 35.2 Å². The van der Waals surface area contributed by atoms with E-state index in [4.69, 9.17) is 28.2 Å². The summed E-state index contributed by atoms with van der Waals surface area (Å²) in [6.07, 6.45) is 3.40. The van der Waals surface area contributed by atoms with Crippen LogP contribution in [0.1, 0.15) is 4.88 Å². The molecule has 3 aromatic heterocycles. The number of hydrogen-bond acceptors (Lipinski definition) is 6. The van der Waals surface area contributed by atoms with Gasteiger partial charge in [0.25, 0.3) is 4.84 Å². The largest absolute Gasteiger partial charge is 0.409 e. The molecule has 0 fully saturated rings. The number of aromatic nitrogens is 3. The van der Waals surface area contributed by atoms with Gasteiger partial charge in [-0.05, 0) is 43.5 Å². The molecule has 0 saturated carbocycles. The molecule has 3 aromatic rings. The van der Waals surface area contributed by atoms with Crippen molar-refractivity contribution >= 4 is 35.2 Å². The summed E-state index contributed by atoms with van der Waals surface area (Å²) in [6, 6.07) is 7.64. The molecule has 0 aliphatic carbocycles. The Bertz CT molecular complexity index is 812. The molecule has 22 heavy (non-hydrogen) atoms. The van der Waals surface area contributed by atoms with Crippen molar-refractivity contribution < 1.29 is 4.42 Å². The molecule has 8 heteroatoms. The maximum Gasteiger partial charge on any atom is 0.288 e. The van der Waals surface area contributed by atoms with E-state index in [1.807, 2.05) is 31.3 Å². The molecule has 0 unspecified atom stereocenters. The minimum absolute atomic E-state index is 0.343. The lowest BCUT2D eigenvalue weighted by Gasteiger charge is -2.14. The Morgan fingerprint density at radius 2 is 2.27 bits per heavy atom. The van der Waals surface area contributed by atoms with Crippen LogP contribution in [0.4, 0.5) is 0 Å². The Morgan fingerprint density at radius 1 is 1.41 bits per heavy atom. The Morgan fingerprint density at radius 3 is 2.95 bits per heavy atom. The van der Waals surface area contributed by atoms with Gasteiger partial charge in [-0.25, -0.2) is 4.68 Å². The summed E-state index contributed by atoms with van der Waals surface area (Å²) < 4.78 is 7.99. The molecule has 0 bridgehead atoms. The molecule has 0 aliphatic heterocycles. The number of hydrogen-bond donors (Lipinski definition) is 0. The summed E-state index contributed by atoms with van der Waals surface area (Å²) >= 11 is 12.7. The van der Waals surface area contributed by atoms with Gasteiger partial charge < -0.3 is 4.42 Å². The fraction of sp³-hybridized carbons (Fsp3) is 0.214. The SMILES string of the molecule is CN(Cc1ccc(Cl)s1)Cn1nc(-c2cccnc2)oc1=S. The summed E-state index contributed by atoms with van der Waals surface area (Å²) in [6.45, 7) is 1.31. The molecule has 0 aromatic carbocycles. The van der Waals surface area contributed by atoms with Gasteiger partial charge in [0.15, 0.2) is 0 Å². The quantitative estimate of drug-likeness (QED) is 0.648. The van der Waals surface area contributed by atoms with E-state index in [0.717, 1.165) is 16.4 Å². The van der Waals surface area contributed by atoms with Crippen molar-refractivity contribution in [2.45, 2.75) is 13.2 Å². The number of pyridine rings is 1. The molecule has 0 amide bonds. The van der Waals surface area contributed by atoms with Gasteiger partial charge in [-0.2, -0.15) is 0 Å². The third kappa shape index (κ3) is 3.61. The van der Waals surface area contributed by atoms with Gasteiger partial charge in [-0.1, -0.05) is 11.6 Å². The second kappa shape index (κ2) is 6.70. The van der Waals surface area contributed by atoms with Crippen LogP contribution in [-0.2, 0) is 13.2 Å². The maximum atomic E-state index is 5.95. The standard InChI is InChI=1S/C14H13ClN4OS2/c1-18(8-11-4-5-12(15)22-11)9-19-14(21)20-13(17-19)10-3-2-6-16-7-10/h2-7H,8-9H2,1H3. The summed E-state index contributed by atoms with van der Waals surface area (Å²) in [5.41, 5.74) is 0.806. The van der Waals surface area contributed by atoms with Crippen molar-refractivity contribution in [3.8, 4) is 11.5 Å². The summed E-state index contributed by atoms with van der Waals surface area (Å²) in [5, 5.41) is 4.41. The van der Waals surface area contributed by atoms with Crippen LogP contribution in [-0.4, -0.2) is 26.7 Å². The Hall–Kier alpha value is -1.54. The number of thiophene rings is 1. The summed E-state index contributed by atoms with van der Waals surface area (Å²) in [5.74, 6) is 0.477. The molecule has 3 heterocycles. The van der Waals surface area contributed by atoms with Gasteiger partial charge in [0.1, 0.15) is 0 Å². The zero-order valence-corrected chi connectivity index (χ0v) is 14.2. The molecule has 5 nitrogen and oxygen atoms in total. The van der Waals surface area contributed by atoms with Crippen LogP contribution in [0.15, 0.2) is 41.1 Å². The van der Waals surface area contributed by atoms with Gasteiger partial charge >= 0.3 is 0 Å². The highest BCUT2D eigenvalue weighted by atomic mass is 35.5. The van der Waals surface area contributed by atoms with E-state index >= 15 is 0 Å². The number of halogens is 1. The van der Waals surface area contributed by atoms with Crippen LogP contribution < -0.4 is 0 Å². The predicted octanol–water partition coefficient (Wildman–Crippen LogP) is 4.07. The van der Waals surface area contributed by atoms with Crippen LogP contribution in [0.3, 0.4) is 0 Å². The minimum atomic E-state index is 0.343. The molecule has 0 saturated heterocycles. The van der Waals surface area contributed by atoms with E-state index in [1.54, 1.807) is 28.4 Å². The molecule has 114 valence electrons. The smallest absolute Gasteiger partial charge is 0.288 e. The van der Waals surface area contributed by atoms with Gasteiger partial charge in [0, 0.05) is 23.8 Å². The van der Waals surface area contributed by atoms with Crippen LogP contribution in [0, 0.1) is 4.84 Å². The van der Waals surface area contributed by atoms with E-state index in [-0.39, 0.29) is 0 Å². The van der Waals surface area contributed by atoms with Crippen molar-refractivity contribution in [3.63, 3.8) is 0 Å². The first-order chi connectivity index (χ1) is 10.6. The van der Waals surface area contributed by atoms with Crippen molar-refractivity contribution in [1.82, 2.24) is 19.7 Å². The monoisotopic (exact) mass is 352 g/mol. The fourth-order valence-corrected chi connectivity index (χ4v) is 3.33. The summed E-state index contributed by atoms with van der Waals surface area (Å²) in [4.78, 5) is 7.68. The highest BCUT2D eigenvalue weighted by Gasteiger charge is 2.10. The first-order valence-electron chi connectivity index (χ1n) is 6.53. The lowest BCUT2D eigenvalue weighted by atomic mass is 10.3. The lowest BCUT2D eigenvalue weighted by molar-refractivity contribution is 0.242. The van der Waals surface area contributed by atoms with Crippen LogP contribution in [0.5, 0.6) is 0 Å². The topological polar surface area (TPSA) is 47.1 Å². The zero-order chi connectivity index (χ0) is 15.5. The average molecular weight is 353 g/mol. The third-order valence-electron chi connectivity index (χ3n) is 2.94. The Balaban J connectivity index is 1.73. The normalized spacial score (nSPS) is 11.2. The zero-order valence-electron chi connectivity index (χ0n) is 11.8. The molecule has 0 spiro atoms. The third-order valence-corrected chi connectivity index (χ3v) is 4.45. The van der Waals surface area contributed by atoms with Gasteiger partial charge in [-0.15, -0.1) is 16.4 Å². The fourth-order valence-electron chi connectivity index (χ4n) is 1.98. The van der Waals surface area contributed by atoms with E-state index in [0.29, 0.717) is 17.4 Å². The van der Waals surface area contributed by atoms with Crippen molar-refractivity contribution in [2.75, 3.05) is 7.05 Å². The molecule has 0 aliphatic rings. The second-order valence-electron chi connectivity index (χ2n) is 4.78. The second-order valence-corrected chi connectivity index (χ2v) is 6.92. The number of nitrogens with zero attached hydrogens (tertiary/aromatic N) is 4. The molecule has 0 radical (unpaired) electrons. The highest BCUT2D eigenvalue weighted by molar-refractivity contribution is 7.71. The van der Waals surface area contributed by atoms with E-state index in [9.17, 15) is 0 Å². The van der Waals surface area contributed by atoms with Crippen molar-refractivity contribution in [2.24, 2.45) is 0 Å². The van der Waals surface area contributed by atoms with Crippen LogP contribution in [0.2, 0.25) is 4.34 Å². The molecular weight excluding hydrogens is 340 g/mol. The first-order valence-corrected chi connectivity index (χ1v) is 8.13. The molecular formula is C14H13ClN4OS2. The maximum absolute atomic E-state index is 5.95. The van der Waals surface area contributed by atoms with Gasteiger partial charge in [0.05, 0.1) is 16.6 Å². The highest BCUT2D eigenvalue weighted by Crippen LogP contribution is 2.22. The summed E-state index contributed by atoms with van der Waals surface area (Å²) in [7, 11) is 1.99. The predicted molar refractivity (Wildman–Crippen MR) is 89.4 cm³/mol. The average Bonchev–Trinajstić information content (AvgIpc) is 3.07. The molecule has 0 N–H and O–H groups in total. The molecule has 0 atom stereocenters. The van der Waals surface area contributed by atoms with Crippen LogP contribution in [0.25, 0.3) is 11.5 Å². The van der Waals surface area contributed by atoms with Gasteiger partial charge in [0.2, 0.25) is 5.89 Å². The van der Waals surface area contributed by atoms with E-state index < -0.39 is 0 Å². The van der Waals surface area contributed by atoms with E-state index in [2.05, 4.69) is 15.0 Å². The van der Waals surface area contributed by atoms with Gasteiger partial charge in [-0.3, -0.25) is 9.88 Å². The van der Waals surface area contributed by atoms with Crippen molar-refractivity contribution in [3.05, 3.63) is 50.7 Å². The number of rotatable bonds is 5. The first kappa shape index (κ1) is 15.4. The Labute approximate surface area is 141 Å². The van der Waals surface area contributed by atoms with Crippen molar-refractivity contribution in [1.29, 1.82) is 0 Å².